The van der Waals surface area contributed by atoms with Gasteiger partial charge in [0.15, 0.2) is 0 Å². The number of rotatable bonds is 0. The molecule has 0 saturated heterocycles. The summed E-state index contributed by atoms with van der Waals surface area (Å²) >= 11 is 0. The Hall–Kier alpha value is -0.366. The molecule has 0 aromatic carbocycles. The van der Waals surface area contributed by atoms with Crippen molar-refractivity contribution < 1.29 is 21.9 Å². The van der Waals surface area contributed by atoms with Crippen LogP contribution >= 0.6 is 0 Å². The number of hydrogen-bond acceptors (Lipinski definition) is 0. The van der Waals surface area contributed by atoms with Crippen molar-refractivity contribution in [2.75, 3.05) is 0 Å². The van der Waals surface area contributed by atoms with Gasteiger partial charge in [0.25, 0.3) is 5.84 Å². The molecule has 0 unspecified atom stereocenters. The van der Waals surface area contributed by atoms with E-state index in [9.17, 15) is 0 Å². The Labute approximate surface area is 58.8 Å². The minimum absolute atomic E-state index is 0. The van der Waals surface area contributed by atoms with Gasteiger partial charge in [-0.05, 0) is 4.99 Å². The van der Waals surface area contributed by atoms with Crippen molar-refractivity contribution in [2.24, 2.45) is 10.7 Å². The van der Waals surface area contributed by atoms with Gasteiger partial charge in [-0.15, -0.1) is 0 Å². The van der Waals surface area contributed by atoms with Gasteiger partial charge >= 0.3 is 16.5 Å². The molecule has 0 aromatic heterocycles. The number of nitrogens with two attached hydrogens (primary N) is 2. The molecule has 3 nitrogen and oxygen atoms in total. The van der Waals surface area contributed by atoms with E-state index in [1.807, 2.05) is 0 Å². The van der Waals surface area contributed by atoms with Crippen LogP contribution in [0.25, 0.3) is 0 Å². The maximum atomic E-state index is 5.14. The molecule has 0 aliphatic rings. The molecular weight excluding hydrogens is 149 g/mol. The average molecular weight is 159 g/mol. The summed E-state index contributed by atoms with van der Waals surface area (Å²) < 4.78 is 0. The molecule has 8 heavy (non-hydrogen) atoms. The second-order valence-corrected chi connectivity index (χ2v) is 1.39. The fraction of sp³-hybridized carbons (Fsp3) is 0.500. The molecule has 0 radical (unpaired) electrons. The Balaban J connectivity index is 0. The van der Waals surface area contributed by atoms with E-state index in [0.29, 0.717) is 11.7 Å². The van der Waals surface area contributed by atoms with Crippen LogP contribution in [0.2, 0.25) is 0 Å². The zero-order valence-electron chi connectivity index (χ0n) is 4.92. The number of hydrogen-bond donors (Lipinski definition) is 2. The van der Waals surface area contributed by atoms with Gasteiger partial charge in [0, 0.05) is 13.8 Å². The van der Waals surface area contributed by atoms with E-state index in [4.69, 9.17) is 11.1 Å². The molecule has 0 bridgehead atoms. The van der Waals surface area contributed by atoms with Crippen molar-refractivity contribution in [2.45, 2.75) is 13.8 Å². The van der Waals surface area contributed by atoms with E-state index >= 15 is 0 Å². The summed E-state index contributed by atoms with van der Waals surface area (Å²) in [6.07, 6.45) is 0. The molecular formula is C4H10N3Ni+3. The minimum atomic E-state index is 0. The van der Waals surface area contributed by atoms with Gasteiger partial charge in [0.05, 0.1) is 0 Å². The summed E-state index contributed by atoms with van der Waals surface area (Å²) in [7, 11) is 0. The number of amidine groups is 2. The Morgan fingerprint density at radius 2 is 1.88 bits per heavy atom. The second kappa shape index (κ2) is 4.78. The van der Waals surface area contributed by atoms with Crippen LogP contribution in [0.4, 0.5) is 0 Å². The van der Waals surface area contributed by atoms with Gasteiger partial charge in [-0.25, -0.2) is 0 Å². The first-order valence-corrected chi connectivity index (χ1v) is 2.02. The Kier molecular flexibility index (Phi) is 6.33. The van der Waals surface area contributed by atoms with Gasteiger partial charge in [-0.1, -0.05) is 0 Å². The van der Waals surface area contributed by atoms with Crippen molar-refractivity contribution in [1.82, 2.24) is 0 Å². The van der Waals surface area contributed by atoms with Crippen LogP contribution < -0.4 is 11.1 Å². The standard InChI is InChI=1S/C4H9N3.Ni/c1-3(5)7-4(2)6;/h1-2H3,(H3,5,6,7);/q;+2/p+1. The van der Waals surface area contributed by atoms with Crippen LogP contribution in [0, 0.1) is 0 Å². The third-order valence-corrected chi connectivity index (χ3v) is 0.353. The molecule has 0 aromatic rings. The van der Waals surface area contributed by atoms with Crippen LogP contribution in [0.15, 0.2) is 4.99 Å². The van der Waals surface area contributed by atoms with Crippen LogP contribution in [-0.4, -0.2) is 11.7 Å². The van der Waals surface area contributed by atoms with Gasteiger partial charge in [0.1, 0.15) is 0 Å². The van der Waals surface area contributed by atoms with Crippen molar-refractivity contribution >= 4 is 11.7 Å². The van der Waals surface area contributed by atoms with E-state index in [1.54, 1.807) is 13.8 Å². The summed E-state index contributed by atoms with van der Waals surface area (Å²) in [6, 6.07) is 0. The minimum Gasteiger partial charge on any atom is -0.367 e. The predicted molar refractivity (Wildman–Crippen MR) is 29.9 cm³/mol. The zero-order valence-corrected chi connectivity index (χ0v) is 5.91. The van der Waals surface area contributed by atoms with E-state index in [-0.39, 0.29) is 16.5 Å². The topological polar surface area (TPSA) is 64.0 Å². The summed E-state index contributed by atoms with van der Waals surface area (Å²) in [5.41, 5.74) is 5.14. The van der Waals surface area contributed by atoms with Gasteiger partial charge < -0.3 is 5.73 Å². The number of aliphatic imine (C=N–C) groups is 1. The molecule has 0 saturated carbocycles. The van der Waals surface area contributed by atoms with E-state index in [0.717, 1.165) is 0 Å². The molecule has 0 fully saturated rings. The molecule has 0 spiro atoms. The van der Waals surface area contributed by atoms with Gasteiger partial charge in [-0.3, -0.25) is 5.41 Å². The molecule has 0 amide bonds. The molecule has 0 heterocycles. The van der Waals surface area contributed by atoms with E-state index in [1.165, 1.54) is 0 Å². The third kappa shape index (κ3) is 9.16. The fourth-order valence-electron chi connectivity index (χ4n) is 0.278. The summed E-state index contributed by atoms with van der Waals surface area (Å²) in [4.78, 5) is 3.67. The quantitative estimate of drug-likeness (QED) is 0.253. The van der Waals surface area contributed by atoms with Crippen molar-refractivity contribution in [3.63, 3.8) is 0 Å². The fourth-order valence-corrected chi connectivity index (χ4v) is 0.278. The SMILES string of the molecule is CC(=[NH2+])N=C(C)N.[Ni+2]. The monoisotopic (exact) mass is 158 g/mol. The van der Waals surface area contributed by atoms with E-state index < -0.39 is 0 Å². The van der Waals surface area contributed by atoms with Crippen LogP contribution in [0.5, 0.6) is 0 Å². The maximum Gasteiger partial charge on any atom is 2.00 e. The first kappa shape index (κ1) is 10.6. The molecule has 4 heteroatoms. The van der Waals surface area contributed by atoms with Gasteiger partial charge in [0.2, 0.25) is 5.84 Å². The van der Waals surface area contributed by atoms with Crippen molar-refractivity contribution in [3.05, 3.63) is 0 Å². The van der Waals surface area contributed by atoms with Crippen LogP contribution in [-0.2, 0) is 16.5 Å². The van der Waals surface area contributed by atoms with Crippen molar-refractivity contribution in [3.8, 4) is 0 Å². The van der Waals surface area contributed by atoms with Crippen molar-refractivity contribution in [1.29, 1.82) is 0 Å². The zero-order chi connectivity index (χ0) is 5.86. The molecule has 0 rings (SSSR count). The third-order valence-electron chi connectivity index (χ3n) is 0.353. The molecule has 48 valence electrons. The predicted octanol–water partition coefficient (Wildman–Crippen LogP) is -1.46. The first-order valence-electron chi connectivity index (χ1n) is 2.02. The maximum absolute atomic E-state index is 5.14. The normalized spacial score (nSPS) is 10.0. The molecule has 0 atom stereocenters. The van der Waals surface area contributed by atoms with Gasteiger partial charge in [-0.2, -0.15) is 0 Å². The van der Waals surface area contributed by atoms with Crippen LogP contribution in [0.1, 0.15) is 13.8 Å². The average Bonchev–Trinajstić information content (AvgIpc) is 1.27. The Morgan fingerprint density at radius 3 is 1.88 bits per heavy atom. The summed E-state index contributed by atoms with van der Waals surface area (Å²) in [5, 5.41) is 5.14. The Morgan fingerprint density at radius 1 is 1.50 bits per heavy atom. The molecule has 0 aliphatic heterocycles. The van der Waals surface area contributed by atoms with E-state index in [2.05, 4.69) is 4.99 Å². The van der Waals surface area contributed by atoms with Crippen LogP contribution in [0.3, 0.4) is 0 Å². The molecule has 4 N–H and O–H groups in total. The Bertz CT molecular complexity index is 104. The summed E-state index contributed by atoms with van der Waals surface area (Å²) in [6.45, 7) is 3.38. The summed E-state index contributed by atoms with van der Waals surface area (Å²) in [5.74, 6) is 1.00. The molecule has 0 aliphatic carbocycles. The number of nitrogens with zero attached hydrogens (tertiary/aromatic N) is 1. The smallest absolute Gasteiger partial charge is 0.367 e. The first-order chi connectivity index (χ1) is 3.13. The second-order valence-electron chi connectivity index (χ2n) is 1.39. The largest absolute Gasteiger partial charge is 2.00 e.